The van der Waals surface area contributed by atoms with Crippen LogP contribution in [0.5, 0.6) is 0 Å². The first-order valence-electron chi connectivity index (χ1n) is 10.4. The number of hydrogen-bond acceptors (Lipinski definition) is 6. The number of rotatable bonds is 5. The summed E-state index contributed by atoms with van der Waals surface area (Å²) in [6, 6.07) is 11.8. The van der Waals surface area contributed by atoms with Crippen LogP contribution in [0, 0.1) is 17.1 Å². The van der Waals surface area contributed by atoms with Crippen molar-refractivity contribution in [2.45, 2.75) is 13.0 Å². The number of nitrogens with zero attached hydrogens (tertiary/aromatic N) is 8. The summed E-state index contributed by atoms with van der Waals surface area (Å²) in [6.45, 7) is 2.06. The summed E-state index contributed by atoms with van der Waals surface area (Å²) in [4.78, 5) is 11.1. The number of anilines is 1. The third-order valence-corrected chi connectivity index (χ3v) is 6.17. The average molecular weight is 517 g/mol. The Labute approximate surface area is 203 Å². The van der Waals surface area contributed by atoms with Crippen LogP contribution in [-0.4, -0.2) is 36.4 Å². The van der Waals surface area contributed by atoms with Gasteiger partial charge in [-0.25, -0.2) is 23.6 Å². The quantitative estimate of drug-likeness (QED) is 0.328. The SMILES string of the molecule is C[C@@H](c1ccc(-n2cc(F)cn2)nc1)N(C)c1ccc(-c2cc(Br)cn3ncc(C#N)c23)cn1. The summed E-state index contributed by atoms with van der Waals surface area (Å²) in [6.07, 6.45) is 9.36. The molecule has 0 fully saturated rings. The van der Waals surface area contributed by atoms with Gasteiger partial charge in [-0.2, -0.15) is 15.5 Å². The lowest BCUT2D eigenvalue weighted by molar-refractivity contribution is 0.627. The second-order valence-electron chi connectivity index (χ2n) is 7.78. The van der Waals surface area contributed by atoms with Gasteiger partial charge in [0.15, 0.2) is 11.6 Å². The molecule has 168 valence electrons. The van der Waals surface area contributed by atoms with Crippen molar-refractivity contribution in [3.8, 4) is 23.0 Å². The Hall–Kier alpha value is -4.10. The van der Waals surface area contributed by atoms with E-state index in [1.54, 1.807) is 29.2 Å². The molecule has 0 spiro atoms. The fraction of sp³-hybridized carbons (Fsp3) is 0.125. The molecule has 5 heterocycles. The van der Waals surface area contributed by atoms with Crippen molar-refractivity contribution in [3.63, 3.8) is 0 Å². The van der Waals surface area contributed by atoms with E-state index in [0.29, 0.717) is 11.4 Å². The highest BCUT2D eigenvalue weighted by atomic mass is 79.9. The van der Waals surface area contributed by atoms with Crippen LogP contribution in [0.15, 0.2) is 72.0 Å². The van der Waals surface area contributed by atoms with Gasteiger partial charge in [-0.15, -0.1) is 0 Å². The van der Waals surface area contributed by atoms with Crippen molar-refractivity contribution in [1.29, 1.82) is 5.26 Å². The Balaban J connectivity index is 1.40. The molecule has 8 nitrogen and oxygen atoms in total. The molecule has 0 amide bonds. The van der Waals surface area contributed by atoms with E-state index in [2.05, 4.69) is 49.1 Å². The largest absolute Gasteiger partial charge is 0.353 e. The summed E-state index contributed by atoms with van der Waals surface area (Å²) < 4.78 is 17.2. The molecule has 0 N–H and O–H groups in total. The van der Waals surface area contributed by atoms with Gasteiger partial charge < -0.3 is 4.90 Å². The molecule has 0 aliphatic carbocycles. The molecular formula is C24H18BrFN8. The monoisotopic (exact) mass is 516 g/mol. The summed E-state index contributed by atoms with van der Waals surface area (Å²) in [7, 11) is 1.96. The van der Waals surface area contributed by atoms with Crippen LogP contribution in [0.2, 0.25) is 0 Å². The maximum atomic E-state index is 13.2. The van der Waals surface area contributed by atoms with Gasteiger partial charge in [0, 0.05) is 41.2 Å². The predicted molar refractivity (Wildman–Crippen MR) is 129 cm³/mol. The van der Waals surface area contributed by atoms with Gasteiger partial charge in [0.1, 0.15) is 11.9 Å². The van der Waals surface area contributed by atoms with E-state index in [0.717, 1.165) is 38.7 Å². The molecule has 5 aromatic rings. The lowest BCUT2D eigenvalue weighted by atomic mass is 10.1. The standard InChI is InChI=1S/C24H18BrFN8/c1-15(16-3-6-23(29-9-16)33-14-20(26)12-31-33)32(2)22-5-4-17(10-28-22)21-7-19(25)13-34-24(21)18(8-27)11-30-34/h3-7,9-15H,1-2H3/t15-/m0/s1. The zero-order valence-electron chi connectivity index (χ0n) is 18.3. The van der Waals surface area contributed by atoms with Crippen molar-refractivity contribution in [2.24, 2.45) is 0 Å². The second-order valence-corrected chi connectivity index (χ2v) is 8.70. The van der Waals surface area contributed by atoms with Crippen LogP contribution in [0.3, 0.4) is 0 Å². The molecule has 34 heavy (non-hydrogen) atoms. The third-order valence-electron chi connectivity index (χ3n) is 5.74. The molecule has 0 aliphatic heterocycles. The normalized spacial score (nSPS) is 12.0. The maximum Gasteiger partial charge on any atom is 0.161 e. The number of halogens is 2. The fourth-order valence-corrected chi connectivity index (χ4v) is 4.20. The van der Waals surface area contributed by atoms with Gasteiger partial charge >= 0.3 is 0 Å². The van der Waals surface area contributed by atoms with Crippen molar-refractivity contribution in [1.82, 2.24) is 29.4 Å². The fourth-order valence-electron chi connectivity index (χ4n) is 3.77. The Morgan fingerprint density at radius 3 is 2.56 bits per heavy atom. The van der Waals surface area contributed by atoms with Gasteiger partial charge in [0.2, 0.25) is 0 Å². The maximum absolute atomic E-state index is 13.2. The van der Waals surface area contributed by atoms with Crippen molar-refractivity contribution in [2.75, 3.05) is 11.9 Å². The van der Waals surface area contributed by atoms with E-state index < -0.39 is 5.82 Å². The molecule has 0 aromatic carbocycles. The molecular weight excluding hydrogens is 499 g/mol. The highest BCUT2D eigenvalue weighted by molar-refractivity contribution is 9.10. The van der Waals surface area contributed by atoms with Crippen LogP contribution < -0.4 is 4.90 Å². The van der Waals surface area contributed by atoms with Crippen molar-refractivity contribution >= 4 is 27.3 Å². The van der Waals surface area contributed by atoms with Crippen LogP contribution in [0.25, 0.3) is 22.5 Å². The highest BCUT2D eigenvalue weighted by Crippen LogP contribution is 2.31. The predicted octanol–water partition coefficient (Wildman–Crippen LogP) is 4.95. The topological polar surface area (TPSA) is 87.9 Å². The first-order chi connectivity index (χ1) is 16.4. The molecule has 0 saturated heterocycles. The minimum atomic E-state index is -0.408. The minimum Gasteiger partial charge on any atom is -0.353 e. The van der Waals surface area contributed by atoms with Crippen molar-refractivity contribution in [3.05, 3.63) is 88.9 Å². The number of pyridine rings is 3. The Bertz CT molecular complexity index is 1520. The van der Waals surface area contributed by atoms with Crippen LogP contribution in [0.1, 0.15) is 24.1 Å². The van der Waals surface area contributed by atoms with Gasteiger partial charge in [-0.1, -0.05) is 6.07 Å². The lowest BCUT2D eigenvalue weighted by Gasteiger charge is -2.26. The zero-order chi connectivity index (χ0) is 23.8. The van der Waals surface area contributed by atoms with E-state index in [9.17, 15) is 9.65 Å². The third kappa shape index (κ3) is 3.91. The first-order valence-corrected chi connectivity index (χ1v) is 11.2. The van der Waals surface area contributed by atoms with Gasteiger partial charge in [-0.05, 0) is 52.7 Å². The summed E-state index contributed by atoms with van der Waals surface area (Å²) >= 11 is 3.51. The van der Waals surface area contributed by atoms with Crippen LogP contribution >= 0.6 is 15.9 Å². The van der Waals surface area contributed by atoms with Crippen molar-refractivity contribution < 1.29 is 4.39 Å². The second kappa shape index (κ2) is 8.68. The van der Waals surface area contributed by atoms with Gasteiger partial charge in [0.05, 0.1) is 35.7 Å². The average Bonchev–Trinajstić information content (AvgIpc) is 3.48. The Morgan fingerprint density at radius 1 is 1.06 bits per heavy atom. The van der Waals surface area contributed by atoms with Gasteiger partial charge in [0.25, 0.3) is 0 Å². The van der Waals surface area contributed by atoms with E-state index in [4.69, 9.17) is 0 Å². The minimum absolute atomic E-state index is 0.00754. The molecule has 5 rings (SSSR count). The summed E-state index contributed by atoms with van der Waals surface area (Å²) in [5.41, 5.74) is 3.98. The smallest absolute Gasteiger partial charge is 0.161 e. The molecule has 1 atom stereocenters. The van der Waals surface area contributed by atoms with Crippen LogP contribution in [-0.2, 0) is 0 Å². The summed E-state index contributed by atoms with van der Waals surface area (Å²) in [5, 5.41) is 17.7. The molecule has 10 heteroatoms. The Morgan fingerprint density at radius 2 is 1.91 bits per heavy atom. The van der Waals surface area contributed by atoms with E-state index in [1.165, 1.54) is 10.9 Å². The molecule has 0 bridgehead atoms. The first kappa shape index (κ1) is 21.7. The van der Waals surface area contributed by atoms with E-state index >= 15 is 0 Å². The molecule has 0 saturated carbocycles. The Kier molecular flexibility index (Phi) is 5.55. The molecule has 0 unspecified atom stereocenters. The molecule has 0 radical (unpaired) electrons. The number of hydrogen-bond donors (Lipinski definition) is 0. The van der Waals surface area contributed by atoms with Gasteiger partial charge in [-0.3, -0.25) is 0 Å². The molecule has 0 aliphatic rings. The number of aromatic nitrogens is 6. The van der Waals surface area contributed by atoms with E-state index in [1.807, 2.05) is 42.4 Å². The highest BCUT2D eigenvalue weighted by Gasteiger charge is 2.16. The number of nitriles is 1. The number of fused-ring (bicyclic) bond motifs is 1. The van der Waals surface area contributed by atoms with E-state index in [-0.39, 0.29) is 6.04 Å². The zero-order valence-corrected chi connectivity index (χ0v) is 19.8. The summed E-state index contributed by atoms with van der Waals surface area (Å²) in [5.74, 6) is 0.922. The lowest BCUT2D eigenvalue weighted by Crippen LogP contribution is -2.22. The van der Waals surface area contributed by atoms with Crippen LogP contribution in [0.4, 0.5) is 10.2 Å². The molecule has 5 aromatic heterocycles.